The average molecular weight is 269 g/mol. The number of rotatable bonds is 8. The van der Waals surface area contributed by atoms with Gasteiger partial charge >= 0.3 is 0 Å². The first-order chi connectivity index (χ1) is 8.49. The molecule has 0 aliphatic rings. The molecule has 1 aromatic rings. The quantitative estimate of drug-likeness (QED) is 0.735. The monoisotopic (exact) mass is 269 g/mol. The van der Waals surface area contributed by atoms with Crippen molar-refractivity contribution in [2.45, 2.75) is 34.1 Å². The normalized spacial score (nSPS) is 11.5. The summed E-state index contributed by atoms with van der Waals surface area (Å²) in [6.45, 7) is 12.1. The lowest BCUT2D eigenvalue weighted by Gasteiger charge is -2.17. The summed E-state index contributed by atoms with van der Waals surface area (Å²) in [5.74, 6) is 1.39. The van der Waals surface area contributed by atoms with Crippen molar-refractivity contribution in [3.05, 3.63) is 11.1 Å². The fraction of sp³-hybridized carbons (Fsp3) is 0.786. The second kappa shape index (κ2) is 7.74. The molecule has 0 bridgehead atoms. The van der Waals surface area contributed by atoms with Crippen LogP contribution >= 0.6 is 11.3 Å². The zero-order valence-corrected chi connectivity index (χ0v) is 13.2. The predicted molar refractivity (Wildman–Crippen MR) is 81.6 cm³/mol. The van der Waals surface area contributed by atoms with E-state index >= 15 is 0 Å². The molecule has 0 atom stereocenters. The summed E-state index contributed by atoms with van der Waals surface area (Å²) in [5, 5.41) is 6.78. The third-order valence-electron chi connectivity index (χ3n) is 2.62. The van der Waals surface area contributed by atoms with Crippen LogP contribution < -0.4 is 10.2 Å². The number of aromatic nitrogens is 1. The number of hydrogen-bond donors (Lipinski definition) is 1. The number of thiazole rings is 1. The van der Waals surface area contributed by atoms with Crippen LogP contribution in [0.2, 0.25) is 0 Å². The number of anilines is 1. The zero-order chi connectivity index (χ0) is 13.5. The van der Waals surface area contributed by atoms with E-state index in [0.29, 0.717) is 11.8 Å². The van der Waals surface area contributed by atoms with Crippen molar-refractivity contribution in [3.63, 3.8) is 0 Å². The summed E-state index contributed by atoms with van der Waals surface area (Å²) in [6, 6.07) is 0. The van der Waals surface area contributed by atoms with Crippen molar-refractivity contribution in [1.82, 2.24) is 10.3 Å². The van der Waals surface area contributed by atoms with Crippen LogP contribution in [-0.2, 0) is 6.42 Å². The molecule has 104 valence electrons. The summed E-state index contributed by atoms with van der Waals surface area (Å²) in [6.07, 6.45) is 1.03. The molecular formula is C14H27N3S. The van der Waals surface area contributed by atoms with E-state index < -0.39 is 0 Å². The van der Waals surface area contributed by atoms with Gasteiger partial charge in [0.25, 0.3) is 0 Å². The Balaban J connectivity index is 2.34. The van der Waals surface area contributed by atoms with Crippen LogP contribution in [-0.4, -0.2) is 31.7 Å². The Hall–Kier alpha value is -0.610. The first-order valence-corrected chi connectivity index (χ1v) is 7.73. The lowest BCUT2D eigenvalue weighted by atomic mass is 10.2. The highest BCUT2D eigenvalue weighted by Crippen LogP contribution is 2.20. The minimum absolute atomic E-state index is 0.676. The maximum Gasteiger partial charge on any atom is 0.185 e. The van der Waals surface area contributed by atoms with E-state index in [1.807, 2.05) is 0 Å². The van der Waals surface area contributed by atoms with E-state index in [9.17, 15) is 0 Å². The van der Waals surface area contributed by atoms with Gasteiger partial charge in [-0.05, 0) is 18.4 Å². The smallest absolute Gasteiger partial charge is 0.185 e. The summed E-state index contributed by atoms with van der Waals surface area (Å²) < 4.78 is 0. The molecule has 4 heteroatoms. The van der Waals surface area contributed by atoms with Crippen molar-refractivity contribution < 1.29 is 0 Å². The predicted octanol–water partition coefficient (Wildman–Crippen LogP) is 3.02. The summed E-state index contributed by atoms with van der Waals surface area (Å²) >= 11 is 1.75. The van der Waals surface area contributed by atoms with E-state index in [2.05, 4.69) is 55.3 Å². The van der Waals surface area contributed by atoms with E-state index in [4.69, 9.17) is 0 Å². The minimum Gasteiger partial charge on any atom is -0.351 e. The molecule has 1 aromatic heterocycles. The van der Waals surface area contributed by atoms with Gasteiger partial charge in [-0.3, -0.25) is 0 Å². The Morgan fingerprint density at radius 1 is 1.28 bits per heavy atom. The highest BCUT2D eigenvalue weighted by atomic mass is 32.1. The van der Waals surface area contributed by atoms with Crippen molar-refractivity contribution in [1.29, 1.82) is 0 Å². The summed E-state index contributed by atoms with van der Waals surface area (Å²) in [5.41, 5.74) is 1.21. The van der Waals surface area contributed by atoms with Crippen molar-refractivity contribution in [2.75, 3.05) is 31.6 Å². The molecule has 0 spiro atoms. The van der Waals surface area contributed by atoms with Crippen LogP contribution in [0.5, 0.6) is 0 Å². The Morgan fingerprint density at radius 2 is 2.00 bits per heavy atom. The molecule has 0 amide bonds. The number of nitrogens with zero attached hydrogens (tertiary/aromatic N) is 2. The SMILES string of the molecule is CC(C)CNCCc1csc(N(C)CC(C)C)n1. The molecular weight excluding hydrogens is 242 g/mol. The molecule has 18 heavy (non-hydrogen) atoms. The highest BCUT2D eigenvalue weighted by Gasteiger charge is 2.08. The van der Waals surface area contributed by atoms with E-state index in [0.717, 1.165) is 31.2 Å². The largest absolute Gasteiger partial charge is 0.351 e. The maximum absolute atomic E-state index is 4.68. The van der Waals surface area contributed by atoms with E-state index in [1.54, 1.807) is 11.3 Å². The van der Waals surface area contributed by atoms with E-state index in [-0.39, 0.29) is 0 Å². The standard InChI is InChI=1S/C14H27N3S/c1-11(2)8-15-7-6-13-10-18-14(16-13)17(5)9-12(3)4/h10-12,15H,6-9H2,1-5H3. The Morgan fingerprint density at radius 3 is 2.61 bits per heavy atom. The highest BCUT2D eigenvalue weighted by molar-refractivity contribution is 7.13. The molecule has 1 rings (SSSR count). The minimum atomic E-state index is 0.676. The molecule has 0 aliphatic carbocycles. The Bertz CT molecular complexity index is 334. The molecule has 0 aliphatic heterocycles. The average Bonchev–Trinajstić information content (AvgIpc) is 2.72. The molecule has 0 saturated carbocycles. The van der Waals surface area contributed by atoms with Gasteiger partial charge in [0.15, 0.2) is 5.13 Å². The Kier molecular flexibility index (Phi) is 6.65. The third-order valence-corrected chi connectivity index (χ3v) is 3.62. The second-order valence-corrected chi connectivity index (χ2v) is 6.58. The fourth-order valence-electron chi connectivity index (χ4n) is 1.82. The molecule has 3 nitrogen and oxygen atoms in total. The molecule has 1 heterocycles. The second-order valence-electron chi connectivity index (χ2n) is 5.74. The lowest BCUT2D eigenvalue weighted by molar-refractivity contribution is 0.553. The molecule has 0 fully saturated rings. The van der Waals surface area contributed by atoms with Crippen LogP contribution in [0.4, 0.5) is 5.13 Å². The van der Waals surface area contributed by atoms with Crippen molar-refractivity contribution in [3.8, 4) is 0 Å². The summed E-state index contributed by atoms with van der Waals surface area (Å²) in [4.78, 5) is 6.93. The van der Waals surface area contributed by atoms with Gasteiger partial charge in [-0.2, -0.15) is 0 Å². The summed E-state index contributed by atoms with van der Waals surface area (Å²) in [7, 11) is 2.12. The third kappa shape index (κ3) is 5.83. The number of hydrogen-bond acceptors (Lipinski definition) is 4. The van der Waals surface area contributed by atoms with Gasteiger partial charge in [0.05, 0.1) is 5.69 Å². The van der Waals surface area contributed by atoms with Crippen LogP contribution in [0.3, 0.4) is 0 Å². The molecule has 0 unspecified atom stereocenters. The number of nitrogens with one attached hydrogen (secondary N) is 1. The van der Waals surface area contributed by atoms with Gasteiger partial charge in [0.1, 0.15) is 0 Å². The zero-order valence-electron chi connectivity index (χ0n) is 12.4. The van der Waals surface area contributed by atoms with Crippen LogP contribution in [0.15, 0.2) is 5.38 Å². The Labute approximate surface area is 116 Å². The first-order valence-electron chi connectivity index (χ1n) is 6.85. The maximum atomic E-state index is 4.68. The van der Waals surface area contributed by atoms with Crippen LogP contribution in [0, 0.1) is 11.8 Å². The molecule has 0 saturated heterocycles. The molecule has 1 N–H and O–H groups in total. The molecule has 0 aromatic carbocycles. The van der Waals surface area contributed by atoms with Crippen LogP contribution in [0.1, 0.15) is 33.4 Å². The van der Waals surface area contributed by atoms with Crippen molar-refractivity contribution >= 4 is 16.5 Å². The van der Waals surface area contributed by atoms with Gasteiger partial charge in [-0.15, -0.1) is 11.3 Å². The van der Waals surface area contributed by atoms with Crippen LogP contribution in [0.25, 0.3) is 0 Å². The first kappa shape index (κ1) is 15.4. The fourth-order valence-corrected chi connectivity index (χ4v) is 2.66. The topological polar surface area (TPSA) is 28.2 Å². The van der Waals surface area contributed by atoms with Gasteiger partial charge in [0, 0.05) is 31.9 Å². The van der Waals surface area contributed by atoms with Gasteiger partial charge in [-0.25, -0.2) is 4.98 Å². The van der Waals surface area contributed by atoms with Crippen molar-refractivity contribution in [2.24, 2.45) is 11.8 Å². The molecule has 0 radical (unpaired) electrons. The van der Waals surface area contributed by atoms with Gasteiger partial charge in [0.2, 0.25) is 0 Å². The van der Waals surface area contributed by atoms with Gasteiger partial charge < -0.3 is 10.2 Å². The van der Waals surface area contributed by atoms with E-state index in [1.165, 1.54) is 5.69 Å². The van der Waals surface area contributed by atoms with Gasteiger partial charge in [-0.1, -0.05) is 27.7 Å². The lowest BCUT2D eigenvalue weighted by Crippen LogP contribution is -2.23.